The Morgan fingerprint density at radius 1 is 0.905 bits per heavy atom. The van der Waals surface area contributed by atoms with Gasteiger partial charge in [0.25, 0.3) is 0 Å². The van der Waals surface area contributed by atoms with Gasteiger partial charge in [-0.3, -0.25) is 14.5 Å². The maximum absolute atomic E-state index is 12.5. The maximum atomic E-state index is 12.5. The van der Waals surface area contributed by atoms with Gasteiger partial charge in [-0.25, -0.2) is 0 Å². The predicted molar refractivity (Wildman–Crippen MR) is 69.3 cm³/mol. The second-order valence-corrected chi connectivity index (χ2v) is 5.21. The van der Waals surface area contributed by atoms with Crippen LogP contribution in [-0.4, -0.2) is 11.8 Å². The zero-order chi connectivity index (χ0) is 15.2. The molecule has 1 aliphatic carbocycles. The van der Waals surface area contributed by atoms with Crippen LogP contribution in [0.15, 0.2) is 36.4 Å². The Morgan fingerprint density at radius 3 is 1.81 bits per heavy atom. The summed E-state index contributed by atoms with van der Waals surface area (Å²) < 4.78 is 37.6. The lowest BCUT2D eigenvalue weighted by atomic mass is 9.85. The first-order valence-electron chi connectivity index (χ1n) is 6.59. The summed E-state index contributed by atoms with van der Waals surface area (Å²) >= 11 is 0. The van der Waals surface area contributed by atoms with E-state index in [4.69, 9.17) is 0 Å². The van der Waals surface area contributed by atoms with Crippen molar-refractivity contribution >= 4 is 17.5 Å². The van der Waals surface area contributed by atoms with Crippen LogP contribution in [0.2, 0.25) is 0 Å². The molecule has 3 nitrogen and oxygen atoms in total. The van der Waals surface area contributed by atoms with E-state index in [1.807, 2.05) is 12.2 Å². The van der Waals surface area contributed by atoms with Gasteiger partial charge in [-0.1, -0.05) is 12.2 Å². The van der Waals surface area contributed by atoms with Crippen LogP contribution in [-0.2, 0) is 15.8 Å². The smallest absolute Gasteiger partial charge is 0.274 e. The SMILES string of the molecule is O=C1[C@H]2CC=CC[C@@H]2C(=O)N1c1ccc(C(F)(F)F)cc1. The first-order chi connectivity index (χ1) is 9.89. The number of hydrogen-bond donors (Lipinski definition) is 0. The molecule has 6 heteroatoms. The third kappa shape index (κ3) is 2.24. The molecule has 1 fully saturated rings. The lowest BCUT2D eigenvalue weighted by Crippen LogP contribution is -2.30. The summed E-state index contributed by atoms with van der Waals surface area (Å²) in [4.78, 5) is 25.6. The Bertz CT molecular complexity index is 593. The lowest BCUT2D eigenvalue weighted by molar-refractivity contribution is -0.137. The van der Waals surface area contributed by atoms with Gasteiger partial charge in [0.1, 0.15) is 0 Å². The minimum atomic E-state index is -4.44. The number of imide groups is 1. The zero-order valence-electron chi connectivity index (χ0n) is 10.9. The number of allylic oxidation sites excluding steroid dienone is 2. The highest BCUT2D eigenvalue weighted by Gasteiger charge is 2.47. The van der Waals surface area contributed by atoms with Gasteiger partial charge in [-0.15, -0.1) is 0 Å². The number of nitrogens with zero attached hydrogens (tertiary/aromatic N) is 1. The van der Waals surface area contributed by atoms with Crippen LogP contribution in [0.25, 0.3) is 0 Å². The largest absolute Gasteiger partial charge is 0.416 e. The van der Waals surface area contributed by atoms with Crippen LogP contribution in [0.1, 0.15) is 18.4 Å². The van der Waals surface area contributed by atoms with Gasteiger partial charge in [0.2, 0.25) is 11.8 Å². The molecule has 0 radical (unpaired) electrons. The molecule has 0 aromatic heterocycles. The first kappa shape index (κ1) is 13.9. The van der Waals surface area contributed by atoms with E-state index in [1.54, 1.807) is 0 Å². The normalized spacial score (nSPS) is 25.4. The summed E-state index contributed by atoms with van der Waals surface area (Å²) in [5.74, 6) is -1.42. The fourth-order valence-electron chi connectivity index (χ4n) is 2.85. The number of fused-ring (bicyclic) bond motifs is 1. The molecule has 0 saturated carbocycles. The highest BCUT2D eigenvalue weighted by molar-refractivity contribution is 6.22. The van der Waals surface area contributed by atoms with Gasteiger partial charge in [0.15, 0.2) is 0 Å². The Kier molecular flexibility index (Phi) is 3.11. The van der Waals surface area contributed by atoms with Gasteiger partial charge in [-0.2, -0.15) is 13.2 Å². The molecule has 1 saturated heterocycles. The fraction of sp³-hybridized carbons (Fsp3) is 0.333. The Hall–Kier alpha value is -2.11. The molecule has 0 N–H and O–H groups in total. The summed E-state index contributed by atoms with van der Waals surface area (Å²) in [6, 6.07) is 4.11. The van der Waals surface area contributed by atoms with Crippen LogP contribution in [0.5, 0.6) is 0 Å². The number of alkyl halides is 3. The number of rotatable bonds is 1. The van der Waals surface area contributed by atoms with Gasteiger partial charge in [0, 0.05) is 0 Å². The van der Waals surface area contributed by atoms with Crippen molar-refractivity contribution in [3.05, 3.63) is 42.0 Å². The third-order valence-electron chi connectivity index (χ3n) is 3.96. The van der Waals surface area contributed by atoms with Crippen molar-refractivity contribution in [2.45, 2.75) is 19.0 Å². The molecule has 1 aromatic carbocycles. The molecule has 110 valence electrons. The average molecular weight is 295 g/mol. The van der Waals surface area contributed by atoms with E-state index in [0.717, 1.165) is 17.0 Å². The minimum Gasteiger partial charge on any atom is -0.274 e. The van der Waals surface area contributed by atoms with Crippen molar-refractivity contribution in [2.24, 2.45) is 11.8 Å². The third-order valence-corrected chi connectivity index (χ3v) is 3.96. The van der Waals surface area contributed by atoms with Crippen molar-refractivity contribution < 1.29 is 22.8 Å². The van der Waals surface area contributed by atoms with E-state index < -0.39 is 11.7 Å². The van der Waals surface area contributed by atoms with Crippen LogP contribution in [0.4, 0.5) is 18.9 Å². The summed E-state index contributed by atoms with van der Waals surface area (Å²) in [7, 11) is 0. The maximum Gasteiger partial charge on any atom is 0.416 e. The van der Waals surface area contributed by atoms with E-state index >= 15 is 0 Å². The average Bonchev–Trinajstić information content (AvgIpc) is 2.71. The number of amides is 2. The molecule has 21 heavy (non-hydrogen) atoms. The first-order valence-corrected chi connectivity index (χ1v) is 6.59. The molecular weight excluding hydrogens is 283 g/mol. The molecule has 1 heterocycles. The zero-order valence-corrected chi connectivity index (χ0v) is 10.9. The number of carbonyl (C=O) groups is 2. The van der Waals surface area contributed by atoms with Crippen LogP contribution in [0, 0.1) is 11.8 Å². The van der Waals surface area contributed by atoms with E-state index in [9.17, 15) is 22.8 Å². The minimum absolute atomic E-state index is 0.201. The fourth-order valence-corrected chi connectivity index (χ4v) is 2.85. The molecule has 1 aromatic rings. The second kappa shape index (κ2) is 4.72. The number of hydrogen-bond acceptors (Lipinski definition) is 2. The van der Waals surface area contributed by atoms with E-state index in [0.29, 0.717) is 12.8 Å². The summed E-state index contributed by atoms with van der Waals surface area (Å²) in [6.07, 6.45) is 0.305. The topological polar surface area (TPSA) is 37.4 Å². The molecule has 0 unspecified atom stereocenters. The van der Waals surface area contributed by atoms with Gasteiger partial charge in [-0.05, 0) is 37.1 Å². The van der Waals surface area contributed by atoms with Gasteiger partial charge >= 0.3 is 6.18 Å². The highest BCUT2D eigenvalue weighted by Crippen LogP contribution is 2.38. The van der Waals surface area contributed by atoms with Crippen LogP contribution < -0.4 is 4.90 Å². The standard InChI is InChI=1S/C15H12F3NO2/c16-15(17,18)9-5-7-10(8-6-9)19-13(20)11-3-1-2-4-12(11)14(19)21/h1-2,5-8,11-12H,3-4H2/t11-,12-/m0/s1. The van der Waals surface area contributed by atoms with Crippen LogP contribution in [0.3, 0.4) is 0 Å². The van der Waals surface area contributed by atoms with Crippen molar-refractivity contribution in [3.8, 4) is 0 Å². The second-order valence-electron chi connectivity index (χ2n) is 5.21. The molecule has 2 amide bonds. The quantitative estimate of drug-likeness (QED) is 0.589. The molecule has 0 spiro atoms. The summed E-state index contributed by atoms with van der Waals surface area (Å²) in [5.41, 5.74) is -0.600. The van der Waals surface area contributed by atoms with Gasteiger partial charge < -0.3 is 0 Å². The Morgan fingerprint density at radius 2 is 1.38 bits per heavy atom. The van der Waals surface area contributed by atoms with Crippen LogP contribution >= 0.6 is 0 Å². The van der Waals surface area contributed by atoms with E-state index in [-0.39, 0.29) is 29.3 Å². The predicted octanol–water partition coefficient (Wildman–Crippen LogP) is 3.16. The van der Waals surface area contributed by atoms with Gasteiger partial charge in [0.05, 0.1) is 23.1 Å². The van der Waals surface area contributed by atoms with E-state index in [2.05, 4.69) is 0 Å². The Labute approximate surface area is 119 Å². The monoisotopic (exact) mass is 295 g/mol. The van der Waals surface area contributed by atoms with Crippen molar-refractivity contribution in [1.82, 2.24) is 0 Å². The molecule has 1 aliphatic heterocycles. The van der Waals surface area contributed by atoms with E-state index in [1.165, 1.54) is 12.1 Å². The van der Waals surface area contributed by atoms with Crippen molar-refractivity contribution in [1.29, 1.82) is 0 Å². The van der Waals surface area contributed by atoms with Crippen molar-refractivity contribution in [2.75, 3.05) is 4.90 Å². The summed E-state index contributed by atoms with van der Waals surface area (Å²) in [5, 5.41) is 0. The lowest BCUT2D eigenvalue weighted by Gasteiger charge is -2.15. The molecule has 2 atom stereocenters. The Balaban J connectivity index is 1.91. The summed E-state index contributed by atoms with van der Waals surface area (Å²) in [6.45, 7) is 0. The molecular formula is C15H12F3NO2. The molecule has 3 rings (SSSR count). The molecule has 0 bridgehead atoms. The number of halogens is 3. The van der Waals surface area contributed by atoms with Crippen molar-refractivity contribution in [3.63, 3.8) is 0 Å². The molecule has 2 aliphatic rings. The highest BCUT2D eigenvalue weighted by atomic mass is 19.4. The number of carbonyl (C=O) groups excluding carboxylic acids is 2. The number of anilines is 1. The number of benzene rings is 1.